The maximum atomic E-state index is 12.9. The number of aryl methyl sites for hydroxylation is 1. The topological polar surface area (TPSA) is 93.2 Å². The molecule has 0 saturated carbocycles. The highest BCUT2D eigenvalue weighted by Crippen LogP contribution is 2.25. The van der Waals surface area contributed by atoms with Crippen molar-refractivity contribution in [3.8, 4) is 11.8 Å². The molecule has 0 fully saturated rings. The number of anilines is 2. The molecule has 4 aromatic rings. The van der Waals surface area contributed by atoms with E-state index in [1.54, 1.807) is 72.4 Å². The predicted molar refractivity (Wildman–Crippen MR) is 120 cm³/mol. The molecule has 2 aromatic heterocycles. The number of thiophene rings is 1. The van der Waals surface area contributed by atoms with Gasteiger partial charge in [-0.1, -0.05) is 12.1 Å². The van der Waals surface area contributed by atoms with Crippen LogP contribution < -0.4 is 15.4 Å². The number of ether oxygens (including phenoxy) is 1. The first-order chi connectivity index (χ1) is 15.1. The van der Waals surface area contributed by atoms with Gasteiger partial charge < -0.3 is 15.4 Å². The number of carbonyl (C=O) groups excluding carboxylic acids is 2. The number of amides is 2. The average molecular weight is 430 g/mol. The second kappa shape index (κ2) is 9.19. The van der Waals surface area contributed by atoms with E-state index in [1.807, 2.05) is 12.3 Å². The highest BCUT2D eigenvalue weighted by Gasteiger charge is 2.15. The summed E-state index contributed by atoms with van der Waals surface area (Å²) in [5.74, 6) is -0.0307. The minimum Gasteiger partial charge on any atom is -0.424 e. The van der Waals surface area contributed by atoms with Crippen LogP contribution >= 0.6 is 11.3 Å². The maximum absolute atomic E-state index is 12.9. The third-order valence-corrected chi connectivity index (χ3v) is 5.08. The zero-order valence-electron chi connectivity index (χ0n) is 16.5. The monoisotopic (exact) mass is 430 g/mol. The first-order valence-electron chi connectivity index (χ1n) is 9.39. The quantitative estimate of drug-likeness (QED) is 0.442. The lowest BCUT2D eigenvalue weighted by Crippen LogP contribution is -2.18. The molecule has 2 N–H and O–H groups in total. The van der Waals surface area contributed by atoms with E-state index in [2.05, 4.69) is 20.6 Å². The molecule has 0 spiro atoms. The van der Waals surface area contributed by atoms with Gasteiger partial charge in [0.05, 0.1) is 16.8 Å². The molecule has 0 radical (unpaired) electrons. The third kappa shape index (κ3) is 4.93. The van der Waals surface area contributed by atoms with Gasteiger partial charge in [0.1, 0.15) is 5.75 Å². The fraction of sp³-hybridized carbons (Fsp3) is 0.0435. The molecular formula is C23H18N4O3S. The normalized spacial score (nSPS) is 10.4. The Morgan fingerprint density at radius 2 is 1.68 bits per heavy atom. The van der Waals surface area contributed by atoms with Crippen molar-refractivity contribution in [3.63, 3.8) is 0 Å². The Balaban J connectivity index is 1.49. The van der Waals surface area contributed by atoms with Crippen LogP contribution in [0.4, 0.5) is 11.4 Å². The van der Waals surface area contributed by atoms with E-state index in [1.165, 1.54) is 11.3 Å². The van der Waals surface area contributed by atoms with Crippen LogP contribution in [-0.4, -0.2) is 21.8 Å². The first kappa shape index (κ1) is 20.2. The van der Waals surface area contributed by atoms with Gasteiger partial charge in [0.15, 0.2) is 0 Å². The fourth-order valence-corrected chi connectivity index (χ4v) is 3.49. The van der Waals surface area contributed by atoms with Gasteiger partial charge >= 0.3 is 6.01 Å². The molecule has 0 aliphatic rings. The Kier molecular flexibility index (Phi) is 6.00. The minimum atomic E-state index is -0.329. The lowest BCUT2D eigenvalue weighted by Gasteiger charge is -2.13. The zero-order valence-corrected chi connectivity index (χ0v) is 17.3. The van der Waals surface area contributed by atoms with Crippen LogP contribution in [0.1, 0.15) is 26.3 Å². The molecule has 7 nitrogen and oxygen atoms in total. The minimum absolute atomic E-state index is 0.244. The van der Waals surface area contributed by atoms with Crippen molar-refractivity contribution < 1.29 is 14.3 Å². The molecule has 31 heavy (non-hydrogen) atoms. The van der Waals surface area contributed by atoms with Crippen LogP contribution in [0.3, 0.4) is 0 Å². The van der Waals surface area contributed by atoms with Crippen LogP contribution in [0.2, 0.25) is 0 Å². The summed E-state index contributed by atoms with van der Waals surface area (Å²) in [6.45, 7) is 1.86. The van der Waals surface area contributed by atoms with Crippen LogP contribution in [0, 0.1) is 6.92 Å². The molecule has 0 aliphatic carbocycles. The molecule has 4 rings (SSSR count). The van der Waals surface area contributed by atoms with Crippen molar-refractivity contribution in [2.75, 3.05) is 10.6 Å². The number of carbonyl (C=O) groups is 2. The number of nitrogens with one attached hydrogen (secondary N) is 2. The first-order valence-corrected chi connectivity index (χ1v) is 10.3. The Bertz CT molecular complexity index is 1210. The van der Waals surface area contributed by atoms with Crippen LogP contribution in [0.15, 0.2) is 77.8 Å². The van der Waals surface area contributed by atoms with Gasteiger partial charge in [0.25, 0.3) is 11.8 Å². The van der Waals surface area contributed by atoms with Crippen molar-refractivity contribution in [1.82, 2.24) is 9.97 Å². The Morgan fingerprint density at radius 1 is 0.903 bits per heavy atom. The number of hydrogen-bond acceptors (Lipinski definition) is 6. The molecule has 0 saturated heterocycles. The summed E-state index contributed by atoms with van der Waals surface area (Å²) in [5, 5.41) is 9.28. The maximum Gasteiger partial charge on any atom is 0.321 e. The van der Waals surface area contributed by atoms with E-state index in [0.717, 1.165) is 5.56 Å². The lowest BCUT2D eigenvalue weighted by atomic mass is 10.1. The van der Waals surface area contributed by atoms with Crippen molar-refractivity contribution in [1.29, 1.82) is 0 Å². The molecule has 154 valence electrons. The number of aromatic nitrogens is 2. The van der Waals surface area contributed by atoms with Gasteiger partial charge in [-0.3, -0.25) is 9.59 Å². The summed E-state index contributed by atoms with van der Waals surface area (Å²) in [6.07, 6.45) is 3.19. The van der Waals surface area contributed by atoms with E-state index >= 15 is 0 Å². The van der Waals surface area contributed by atoms with Crippen molar-refractivity contribution in [2.45, 2.75) is 6.92 Å². The van der Waals surface area contributed by atoms with Crippen molar-refractivity contribution in [2.24, 2.45) is 0 Å². The molecule has 0 unspecified atom stereocenters. The molecule has 8 heteroatoms. The smallest absolute Gasteiger partial charge is 0.321 e. The number of nitrogens with zero attached hydrogens (tertiary/aromatic N) is 2. The van der Waals surface area contributed by atoms with E-state index in [0.29, 0.717) is 28.3 Å². The number of para-hydroxylation sites is 1. The standard InChI is InChI=1S/C23H18N4O3S/c1-15-13-17(30-23-24-10-4-11-25-23)7-8-19(15)26-22(29)18-5-2-3-6-20(18)27-21(28)16-9-12-31-14-16/h2-14H,1H3,(H,26,29)(H,27,28). The molecule has 0 atom stereocenters. The highest BCUT2D eigenvalue weighted by atomic mass is 32.1. The molecule has 0 bridgehead atoms. The third-order valence-electron chi connectivity index (χ3n) is 4.40. The molecular weight excluding hydrogens is 412 g/mol. The average Bonchev–Trinajstić information content (AvgIpc) is 3.32. The number of benzene rings is 2. The van der Waals surface area contributed by atoms with Crippen molar-refractivity contribution >= 4 is 34.5 Å². The number of hydrogen-bond donors (Lipinski definition) is 2. The Morgan fingerprint density at radius 3 is 2.42 bits per heavy atom. The predicted octanol–water partition coefficient (Wildman–Crippen LogP) is 5.14. The van der Waals surface area contributed by atoms with E-state index in [4.69, 9.17) is 4.74 Å². The van der Waals surface area contributed by atoms with Gasteiger partial charge in [-0.05, 0) is 60.3 Å². The summed E-state index contributed by atoms with van der Waals surface area (Å²) < 4.78 is 5.62. The van der Waals surface area contributed by atoms with Crippen LogP contribution in [-0.2, 0) is 0 Å². The largest absolute Gasteiger partial charge is 0.424 e. The summed E-state index contributed by atoms with van der Waals surface area (Å²) in [4.78, 5) is 33.4. The van der Waals surface area contributed by atoms with E-state index in [-0.39, 0.29) is 17.8 Å². The van der Waals surface area contributed by atoms with Crippen LogP contribution in [0.5, 0.6) is 11.8 Å². The highest BCUT2D eigenvalue weighted by molar-refractivity contribution is 7.08. The van der Waals surface area contributed by atoms with E-state index < -0.39 is 0 Å². The number of rotatable bonds is 6. The van der Waals surface area contributed by atoms with Crippen molar-refractivity contribution in [3.05, 3.63) is 94.4 Å². The Hall–Kier alpha value is -4.04. The summed E-state index contributed by atoms with van der Waals surface area (Å²) in [7, 11) is 0. The van der Waals surface area contributed by atoms with E-state index in [9.17, 15) is 9.59 Å². The molecule has 2 amide bonds. The second-order valence-corrected chi connectivity index (χ2v) is 7.36. The van der Waals surface area contributed by atoms with Gasteiger partial charge in [0, 0.05) is 23.5 Å². The summed E-state index contributed by atoms with van der Waals surface area (Å²) in [6, 6.07) is 15.8. The lowest BCUT2D eigenvalue weighted by molar-refractivity contribution is 0.102. The molecule has 2 aromatic carbocycles. The second-order valence-electron chi connectivity index (χ2n) is 6.58. The van der Waals surface area contributed by atoms with Gasteiger partial charge in [0.2, 0.25) is 0 Å². The summed E-state index contributed by atoms with van der Waals surface area (Å²) in [5.41, 5.74) is 2.79. The van der Waals surface area contributed by atoms with Crippen LogP contribution in [0.25, 0.3) is 0 Å². The SMILES string of the molecule is Cc1cc(Oc2ncccn2)ccc1NC(=O)c1ccccc1NC(=O)c1ccsc1. The zero-order chi connectivity index (χ0) is 21.6. The van der Waals surface area contributed by atoms with Gasteiger partial charge in [-0.25, -0.2) is 9.97 Å². The fourth-order valence-electron chi connectivity index (χ4n) is 2.85. The molecule has 2 heterocycles. The molecule has 0 aliphatic heterocycles. The summed E-state index contributed by atoms with van der Waals surface area (Å²) >= 11 is 1.44. The van der Waals surface area contributed by atoms with Gasteiger partial charge in [-0.15, -0.1) is 0 Å². The Labute approximate surface area is 182 Å². The van der Waals surface area contributed by atoms with Gasteiger partial charge in [-0.2, -0.15) is 11.3 Å².